The lowest BCUT2D eigenvalue weighted by Crippen LogP contribution is -2.42. The number of hydrogen-bond donors (Lipinski definition) is 2. The Kier molecular flexibility index (Phi) is 8.82. The number of nitrogens with one attached hydrogen (secondary N) is 1. The molecule has 0 saturated carbocycles. The number of pyridine rings is 1. The number of nitrogen functional groups attached to an aromatic ring is 1. The molecule has 1 saturated heterocycles. The second-order valence-corrected chi connectivity index (χ2v) is 9.51. The van der Waals surface area contributed by atoms with Crippen molar-refractivity contribution in [3.8, 4) is 0 Å². The Hall–Kier alpha value is -2.43. The molecule has 3 rings (SSSR count). The highest BCUT2D eigenvalue weighted by molar-refractivity contribution is 7.88. The summed E-state index contributed by atoms with van der Waals surface area (Å²) < 4.78 is 25.7. The van der Waals surface area contributed by atoms with Crippen LogP contribution in [0.1, 0.15) is 46.1 Å². The van der Waals surface area contributed by atoms with Gasteiger partial charge in [0.05, 0.1) is 11.8 Å². The van der Waals surface area contributed by atoms with Crippen molar-refractivity contribution in [2.45, 2.75) is 46.6 Å². The number of nitrogens with zero attached hydrogens (tertiary/aromatic N) is 4. The number of rotatable bonds is 5. The first kappa shape index (κ1) is 25.8. The van der Waals surface area contributed by atoms with E-state index in [0.29, 0.717) is 59.1 Å². The minimum absolute atomic E-state index is 0.0285. The Morgan fingerprint density at radius 2 is 1.88 bits per heavy atom. The fraction of sp³-hybridized carbons (Fsp3) is 0.476. The Morgan fingerprint density at radius 3 is 2.41 bits per heavy atom. The number of hydrogen-bond acceptors (Lipinski definition) is 7. The molecule has 1 aliphatic heterocycles. The van der Waals surface area contributed by atoms with Gasteiger partial charge in [0.1, 0.15) is 0 Å². The van der Waals surface area contributed by atoms with E-state index in [9.17, 15) is 13.2 Å². The lowest BCUT2D eigenvalue weighted by molar-refractivity contribution is 0.331. The number of anilines is 1. The number of halogens is 1. The maximum absolute atomic E-state index is 12.8. The van der Waals surface area contributed by atoms with Crippen LogP contribution in [0.15, 0.2) is 34.2 Å². The van der Waals surface area contributed by atoms with Gasteiger partial charge in [-0.15, -0.1) is 0 Å². The number of aromatic nitrogens is 3. The van der Waals surface area contributed by atoms with Crippen LogP contribution in [0.5, 0.6) is 0 Å². The molecule has 0 aromatic carbocycles. The number of nitrogens with two attached hydrogens (primary N) is 1. The standard InChI is InChI=1S/C19H25ClN6O3S.C2H6/c1-4-14(16(20)5-2)15-10-12-11-22-19(24-17(12)26(21)18(15)27)23-13-6-8-25(9-7-13)30(3,28)29;1-2/h4-5,10-11,13H,6-9,21H2,1-3H3,(H,22,23,24);1-2H3/b14-4-,16-5+;. The zero-order chi connectivity index (χ0) is 24.1. The van der Waals surface area contributed by atoms with Gasteiger partial charge in [-0.25, -0.2) is 22.4 Å². The summed E-state index contributed by atoms with van der Waals surface area (Å²) in [7, 11) is -3.18. The first-order valence-electron chi connectivity index (χ1n) is 10.5. The summed E-state index contributed by atoms with van der Waals surface area (Å²) in [5.74, 6) is 6.38. The highest BCUT2D eigenvalue weighted by atomic mass is 35.5. The van der Waals surface area contributed by atoms with Crippen molar-refractivity contribution < 1.29 is 8.42 Å². The normalized spacial score (nSPS) is 16.6. The molecule has 0 unspecified atom stereocenters. The first-order chi connectivity index (χ1) is 15.2. The Bertz CT molecular complexity index is 1180. The molecular weight excluding hydrogens is 452 g/mol. The van der Waals surface area contributed by atoms with E-state index in [1.54, 1.807) is 38.3 Å². The van der Waals surface area contributed by atoms with Crippen LogP contribution in [-0.4, -0.2) is 52.8 Å². The van der Waals surface area contributed by atoms with E-state index >= 15 is 0 Å². The van der Waals surface area contributed by atoms with E-state index in [-0.39, 0.29) is 6.04 Å². The van der Waals surface area contributed by atoms with Gasteiger partial charge in [0.25, 0.3) is 5.56 Å². The second kappa shape index (κ2) is 10.9. The molecular formula is C21H31ClN6O3S. The van der Waals surface area contributed by atoms with Crippen LogP contribution in [0.3, 0.4) is 0 Å². The number of piperidine rings is 1. The second-order valence-electron chi connectivity index (χ2n) is 7.13. The van der Waals surface area contributed by atoms with Crippen molar-refractivity contribution in [1.82, 2.24) is 18.9 Å². The molecule has 3 heterocycles. The van der Waals surface area contributed by atoms with Crippen LogP contribution < -0.4 is 16.7 Å². The smallest absolute Gasteiger partial charge is 0.278 e. The molecule has 9 nitrogen and oxygen atoms in total. The molecule has 2 aromatic rings. The third-order valence-corrected chi connectivity index (χ3v) is 6.84. The predicted molar refractivity (Wildman–Crippen MR) is 132 cm³/mol. The predicted octanol–water partition coefficient (Wildman–Crippen LogP) is 2.91. The van der Waals surface area contributed by atoms with Crippen LogP contribution in [0.2, 0.25) is 0 Å². The molecule has 1 aliphatic rings. The van der Waals surface area contributed by atoms with Crippen molar-refractivity contribution in [3.63, 3.8) is 0 Å². The average Bonchev–Trinajstić information content (AvgIpc) is 2.79. The number of fused-ring (bicyclic) bond motifs is 1. The minimum atomic E-state index is -3.18. The van der Waals surface area contributed by atoms with Crippen molar-refractivity contribution in [1.29, 1.82) is 0 Å². The fourth-order valence-electron chi connectivity index (χ4n) is 3.47. The number of sulfonamides is 1. The maximum atomic E-state index is 12.8. The third-order valence-electron chi connectivity index (χ3n) is 5.12. The molecule has 2 aromatic heterocycles. The Labute approximate surface area is 194 Å². The lowest BCUT2D eigenvalue weighted by Gasteiger charge is -2.30. The van der Waals surface area contributed by atoms with E-state index in [1.807, 2.05) is 13.8 Å². The van der Waals surface area contributed by atoms with Gasteiger partial charge in [0, 0.05) is 41.3 Å². The largest absolute Gasteiger partial charge is 0.351 e. The summed E-state index contributed by atoms with van der Waals surface area (Å²) in [6.07, 6.45) is 7.54. The van der Waals surface area contributed by atoms with Gasteiger partial charge in [0.15, 0.2) is 5.65 Å². The highest BCUT2D eigenvalue weighted by Gasteiger charge is 2.25. The van der Waals surface area contributed by atoms with Crippen LogP contribution in [0, 0.1) is 0 Å². The molecule has 0 atom stereocenters. The van der Waals surface area contributed by atoms with E-state index < -0.39 is 15.6 Å². The van der Waals surface area contributed by atoms with E-state index in [4.69, 9.17) is 17.4 Å². The summed E-state index contributed by atoms with van der Waals surface area (Å²) in [6, 6.07) is 1.71. The van der Waals surface area contributed by atoms with Gasteiger partial charge < -0.3 is 11.2 Å². The summed E-state index contributed by atoms with van der Waals surface area (Å²) >= 11 is 6.24. The lowest BCUT2D eigenvalue weighted by atomic mass is 10.1. The van der Waals surface area contributed by atoms with E-state index in [1.165, 1.54) is 10.6 Å². The monoisotopic (exact) mass is 482 g/mol. The van der Waals surface area contributed by atoms with Crippen molar-refractivity contribution in [2.24, 2.45) is 0 Å². The fourth-order valence-corrected chi connectivity index (χ4v) is 4.56. The van der Waals surface area contributed by atoms with Gasteiger partial charge in [0.2, 0.25) is 16.0 Å². The average molecular weight is 483 g/mol. The quantitative estimate of drug-likeness (QED) is 0.496. The summed E-state index contributed by atoms with van der Waals surface area (Å²) in [6.45, 7) is 8.46. The van der Waals surface area contributed by atoms with Crippen molar-refractivity contribution in [3.05, 3.63) is 45.4 Å². The molecule has 32 heavy (non-hydrogen) atoms. The van der Waals surface area contributed by atoms with Crippen LogP contribution in [0.4, 0.5) is 5.95 Å². The molecule has 0 radical (unpaired) electrons. The van der Waals surface area contributed by atoms with Crippen LogP contribution in [0.25, 0.3) is 16.6 Å². The zero-order valence-electron chi connectivity index (χ0n) is 19.1. The van der Waals surface area contributed by atoms with E-state index in [0.717, 1.165) is 4.68 Å². The van der Waals surface area contributed by atoms with Crippen molar-refractivity contribution in [2.75, 3.05) is 30.5 Å². The van der Waals surface area contributed by atoms with Gasteiger partial charge in [-0.3, -0.25) is 4.79 Å². The highest BCUT2D eigenvalue weighted by Crippen LogP contribution is 2.25. The summed E-state index contributed by atoms with van der Waals surface area (Å²) in [5.41, 5.74) is 0.835. The molecule has 3 N–H and O–H groups in total. The van der Waals surface area contributed by atoms with Gasteiger partial charge in [-0.1, -0.05) is 37.6 Å². The van der Waals surface area contributed by atoms with Crippen LogP contribution in [-0.2, 0) is 10.0 Å². The molecule has 1 fully saturated rings. The van der Waals surface area contributed by atoms with Gasteiger partial charge in [-0.2, -0.15) is 4.98 Å². The molecule has 0 spiro atoms. The maximum Gasteiger partial charge on any atom is 0.278 e. The Balaban J connectivity index is 0.00000176. The van der Waals surface area contributed by atoms with Crippen molar-refractivity contribution >= 4 is 44.2 Å². The summed E-state index contributed by atoms with van der Waals surface area (Å²) in [4.78, 5) is 21.5. The van der Waals surface area contributed by atoms with Gasteiger partial charge >= 0.3 is 0 Å². The van der Waals surface area contributed by atoms with E-state index in [2.05, 4.69) is 15.3 Å². The molecule has 0 aliphatic carbocycles. The topological polar surface area (TPSA) is 123 Å². The third kappa shape index (κ3) is 5.67. The summed E-state index contributed by atoms with van der Waals surface area (Å²) in [5, 5.41) is 4.27. The van der Waals surface area contributed by atoms with Gasteiger partial charge in [-0.05, 0) is 32.8 Å². The SMILES string of the molecule is C/C=C(\C(Cl)=C/C)c1cc2cnc(NC3CCN(S(C)(=O)=O)CC3)nc2n(N)c1=O.CC. The molecule has 11 heteroatoms. The Morgan fingerprint density at radius 1 is 1.25 bits per heavy atom. The first-order valence-corrected chi connectivity index (χ1v) is 12.8. The molecule has 176 valence electrons. The van der Waals surface area contributed by atoms with Crippen LogP contribution >= 0.6 is 11.6 Å². The minimum Gasteiger partial charge on any atom is -0.351 e. The molecule has 0 amide bonds. The molecule has 0 bridgehead atoms. The number of allylic oxidation sites excluding steroid dienone is 4. The zero-order valence-corrected chi connectivity index (χ0v) is 20.7.